The number of nitrogens with zero attached hydrogens (tertiary/aromatic N) is 4. The van der Waals surface area contributed by atoms with Crippen molar-refractivity contribution in [2.75, 3.05) is 19.8 Å². The van der Waals surface area contributed by atoms with E-state index in [1.54, 1.807) is 17.2 Å². The van der Waals surface area contributed by atoms with E-state index in [4.69, 9.17) is 14.0 Å². The van der Waals surface area contributed by atoms with E-state index >= 15 is 0 Å². The van der Waals surface area contributed by atoms with Gasteiger partial charge < -0.3 is 18.9 Å². The van der Waals surface area contributed by atoms with Gasteiger partial charge in [0.1, 0.15) is 18.4 Å². The maximum atomic E-state index is 13.1. The van der Waals surface area contributed by atoms with E-state index in [2.05, 4.69) is 15.1 Å². The molecule has 2 aromatic heterocycles. The predicted molar refractivity (Wildman–Crippen MR) is 98.6 cm³/mol. The number of aromatic nitrogens is 3. The summed E-state index contributed by atoms with van der Waals surface area (Å²) >= 11 is 0. The number of carbonyl (C=O) groups is 1. The fraction of sp³-hybridized carbons (Fsp3) is 0.300. The third-order valence-electron chi connectivity index (χ3n) is 4.53. The van der Waals surface area contributed by atoms with Gasteiger partial charge in [-0.05, 0) is 36.8 Å². The van der Waals surface area contributed by atoms with Crippen LogP contribution in [0.25, 0.3) is 0 Å². The van der Waals surface area contributed by atoms with Gasteiger partial charge in [0.05, 0.1) is 19.4 Å². The number of amides is 1. The summed E-state index contributed by atoms with van der Waals surface area (Å²) in [5, 5.41) is 3.87. The van der Waals surface area contributed by atoms with E-state index in [1.807, 2.05) is 37.3 Å². The number of hydrogen-bond acceptors (Lipinski definition) is 7. The molecule has 1 aliphatic rings. The van der Waals surface area contributed by atoms with Gasteiger partial charge in [-0.3, -0.25) is 9.78 Å². The van der Waals surface area contributed by atoms with Gasteiger partial charge in [-0.2, -0.15) is 4.98 Å². The van der Waals surface area contributed by atoms with E-state index in [0.717, 1.165) is 11.3 Å². The van der Waals surface area contributed by atoms with Gasteiger partial charge in [0.25, 0.3) is 5.91 Å². The fourth-order valence-electron chi connectivity index (χ4n) is 3.05. The van der Waals surface area contributed by atoms with Crippen LogP contribution in [0, 0.1) is 6.92 Å². The molecular weight excluding hydrogens is 360 g/mol. The van der Waals surface area contributed by atoms with E-state index in [1.165, 1.54) is 6.39 Å². The second kappa shape index (κ2) is 8.18. The third-order valence-corrected chi connectivity index (χ3v) is 4.53. The van der Waals surface area contributed by atoms with Crippen molar-refractivity contribution in [1.29, 1.82) is 0 Å². The smallest absolute Gasteiger partial charge is 0.254 e. The summed E-state index contributed by atoms with van der Waals surface area (Å²) < 4.78 is 16.1. The van der Waals surface area contributed by atoms with Gasteiger partial charge in [0.15, 0.2) is 5.82 Å². The van der Waals surface area contributed by atoms with Gasteiger partial charge in [0, 0.05) is 17.8 Å². The SMILES string of the molecule is Cc1ccc(OCc2cccc(C(=O)N3CCOCC3c3ncon3)c2)cn1. The summed E-state index contributed by atoms with van der Waals surface area (Å²) in [5.74, 6) is 1.03. The molecule has 0 N–H and O–H groups in total. The lowest BCUT2D eigenvalue weighted by Crippen LogP contribution is -2.43. The van der Waals surface area contributed by atoms with Crippen LogP contribution in [0.4, 0.5) is 0 Å². The lowest BCUT2D eigenvalue weighted by Gasteiger charge is -2.33. The van der Waals surface area contributed by atoms with Crippen molar-refractivity contribution in [1.82, 2.24) is 20.0 Å². The topological polar surface area (TPSA) is 90.6 Å². The Kier molecular flexibility index (Phi) is 5.29. The van der Waals surface area contributed by atoms with Gasteiger partial charge in [-0.1, -0.05) is 17.3 Å². The maximum Gasteiger partial charge on any atom is 0.254 e. The molecule has 1 fully saturated rings. The molecule has 1 aliphatic heterocycles. The van der Waals surface area contributed by atoms with Crippen LogP contribution in [-0.2, 0) is 11.3 Å². The Morgan fingerprint density at radius 3 is 3.00 bits per heavy atom. The van der Waals surface area contributed by atoms with E-state index in [-0.39, 0.29) is 11.9 Å². The fourth-order valence-corrected chi connectivity index (χ4v) is 3.05. The molecule has 28 heavy (non-hydrogen) atoms. The molecule has 1 atom stereocenters. The minimum Gasteiger partial charge on any atom is -0.487 e. The minimum atomic E-state index is -0.362. The molecule has 0 radical (unpaired) electrons. The Bertz CT molecular complexity index is 928. The molecule has 1 amide bonds. The number of ether oxygens (including phenoxy) is 2. The van der Waals surface area contributed by atoms with Crippen LogP contribution >= 0.6 is 0 Å². The van der Waals surface area contributed by atoms with Crippen molar-refractivity contribution >= 4 is 5.91 Å². The summed E-state index contributed by atoms with van der Waals surface area (Å²) in [6.07, 6.45) is 2.94. The molecule has 3 heterocycles. The Balaban J connectivity index is 1.48. The molecule has 0 aliphatic carbocycles. The van der Waals surface area contributed by atoms with Crippen LogP contribution in [0.1, 0.15) is 33.5 Å². The van der Waals surface area contributed by atoms with Crippen molar-refractivity contribution in [3.63, 3.8) is 0 Å². The first kappa shape index (κ1) is 18.1. The molecule has 0 saturated carbocycles. The number of rotatable bonds is 5. The van der Waals surface area contributed by atoms with Crippen molar-refractivity contribution in [3.05, 3.63) is 71.6 Å². The molecule has 1 aromatic carbocycles. The molecular formula is C20H20N4O4. The zero-order valence-electron chi connectivity index (χ0n) is 15.4. The van der Waals surface area contributed by atoms with Gasteiger partial charge in [-0.15, -0.1) is 0 Å². The van der Waals surface area contributed by atoms with Crippen molar-refractivity contribution in [2.45, 2.75) is 19.6 Å². The highest BCUT2D eigenvalue weighted by atomic mass is 16.5. The molecule has 3 aromatic rings. The average Bonchev–Trinajstić information content (AvgIpc) is 3.28. The van der Waals surface area contributed by atoms with Crippen molar-refractivity contribution in [2.24, 2.45) is 0 Å². The first-order valence-corrected chi connectivity index (χ1v) is 9.00. The molecule has 8 heteroatoms. The Labute approximate surface area is 162 Å². The first-order chi connectivity index (χ1) is 13.7. The Morgan fingerprint density at radius 2 is 2.21 bits per heavy atom. The number of benzene rings is 1. The zero-order valence-corrected chi connectivity index (χ0v) is 15.4. The van der Waals surface area contributed by atoms with E-state index in [0.29, 0.717) is 43.5 Å². The monoisotopic (exact) mass is 380 g/mol. The summed E-state index contributed by atoms with van der Waals surface area (Å²) in [6, 6.07) is 10.8. The van der Waals surface area contributed by atoms with Crippen LogP contribution in [0.2, 0.25) is 0 Å². The molecule has 1 unspecified atom stereocenters. The quantitative estimate of drug-likeness (QED) is 0.672. The lowest BCUT2D eigenvalue weighted by atomic mass is 10.1. The van der Waals surface area contributed by atoms with Crippen LogP contribution in [0.3, 0.4) is 0 Å². The highest BCUT2D eigenvalue weighted by Gasteiger charge is 2.32. The highest BCUT2D eigenvalue weighted by Crippen LogP contribution is 2.24. The Hall–Kier alpha value is -3.26. The minimum absolute atomic E-state index is 0.100. The molecule has 8 nitrogen and oxygen atoms in total. The summed E-state index contributed by atoms with van der Waals surface area (Å²) in [6.45, 7) is 3.56. The number of morpholine rings is 1. The molecule has 0 spiro atoms. The maximum absolute atomic E-state index is 13.1. The van der Waals surface area contributed by atoms with Gasteiger partial charge in [0.2, 0.25) is 6.39 Å². The molecule has 1 saturated heterocycles. The third kappa shape index (κ3) is 4.01. The van der Waals surface area contributed by atoms with Crippen LogP contribution < -0.4 is 4.74 Å². The van der Waals surface area contributed by atoms with E-state index in [9.17, 15) is 4.79 Å². The Morgan fingerprint density at radius 1 is 1.29 bits per heavy atom. The second-order valence-corrected chi connectivity index (χ2v) is 6.50. The average molecular weight is 380 g/mol. The second-order valence-electron chi connectivity index (χ2n) is 6.50. The predicted octanol–water partition coefficient (Wildman–Crippen LogP) is 2.57. The highest BCUT2D eigenvalue weighted by molar-refractivity contribution is 5.94. The van der Waals surface area contributed by atoms with Crippen molar-refractivity contribution in [3.8, 4) is 5.75 Å². The summed E-state index contributed by atoms with van der Waals surface area (Å²) in [4.78, 5) is 23.1. The molecule has 4 rings (SSSR count). The van der Waals surface area contributed by atoms with Crippen LogP contribution in [0.5, 0.6) is 5.75 Å². The standard InChI is InChI=1S/C20H20N4O4/c1-14-5-6-17(10-21-14)27-11-15-3-2-4-16(9-15)20(25)24-7-8-26-12-18(24)19-22-13-28-23-19/h2-6,9-10,13,18H,7-8,11-12H2,1H3. The van der Waals surface area contributed by atoms with Crippen molar-refractivity contribution < 1.29 is 18.8 Å². The zero-order chi connectivity index (χ0) is 19.3. The van der Waals surface area contributed by atoms with Crippen LogP contribution in [-0.4, -0.2) is 45.7 Å². The summed E-state index contributed by atoms with van der Waals surface area (Å²) in [5.41, 5.74) is 2.41. The van der Waals surface area contributed by atoms with Crippen LogP contribution in [0.15, 0.2) is 53.5 Å². The van der Waals surface area contributed by atoms with E-state index < -0.39 is 0 Å². The normalized spacial score (nSPS) is 16.8. The first-order valence-electron chi connectivity index (χ1n) is 9.00. The number of pyridine rings is 1. The molecule has 144 valence electrons. The largest absolute Gasteiger partial charge is 0.487 e. The number of carbonyl (C=O) groups excluding carboxylic acids is 1. The molecule has 0 bridgehead atoms. The summed E-state index contributed by atoms with van der Waals surface area (Å²) in [7, 11) is 0. The van der Waals surface area contributed by atoms with Gasteiger partial charge in [-0.25, -0.2) is 0 Å². The number of aryl methyl sites for hydroxylation is 1. The number of hydrogen-bond donors (Lipinski definition) is 0. The van der Waals surface area contributed by atoms with Gasteiger partial charge >= 0.3 is 0 Å². The lowest BCUT2D eigenvalue weighted by molar-refractivity contribution is -0.00577.